The predicted octanol–water partition coefficient (Wildman–Crippen LogP) is 2.22. The average molecular weight is 239 g/mol. The molecular weight excluding hydrogens is 231 g/mol. The Morgan fingerprint density at radius 2 is 2.00 bits per heavy atom. The van der Waals surface area contributed by atoms with Crippen molar-refractivity contribution in [1.29, 1.82) is 0 Å². The number of nitrogens with two attached hydrogens (primary N) is 1. The summed E-state index contributed by atoms with van der Waals surface area (Å²) in [5, 5.41) is 0.0180. The van der Waals surface area contributed by atoms with Gasteiger partial charge in [-0.2, -0.15) is 15.0 Å². The van der Waals surface area contributed by atoms with E-state index in [1.807, 2.05) is 0 Å². The Labute approximate surface area is 96.3 Å². The van der Waals surface area contributed by atoms with Crippen LogP contribution in [0.3, 0.4) is 0 Å². The minimum Gasteiger partial charge on any atom is -0.368 e. The molecule has 0 aliphatic rings. The molecule has 2 rings (SSSR count). The number of aromatic nitrogens is 3. The SMILES string of the molecule is Cc1cc(-c2nc(N)nc(Cl)n2)ccc1F. The number of anilines is 1. The highest BCUT2D eigenvalue weighted by molar-refractivity contribution is 6.28. The number of aryl methyl sites for hydroxylation is 1. The average Bonchev–Trinajstić information content (AvgIpc) is 2.20. The number of halogens is 2. The first kappa shape index (κ1) is 10.8. The first-order valence-corrected chi connectivity index (χ1v) is 4.87. The lowest BCUT2D eigenvalue weighted by Gasteiger charge is -2.03. The molecule has 4 nitrogen and oxygen atoms in total. The fourth-order valence-corrected chi connectivity index (χ4v) is 1.44. The van der Waals surface area contributed by atoms with Crippen LogP contribution in [-0.4, -0.2) is 15.0 Å². The van der Waals surface area contributed by atoms with E-state index in [0.29, 0.717) is 17.0 Å². The fraction of sp³-hybridized carbons (Fsp3) is 0.100. The molecule has 0 aliphatic carbocycles. The molecule has 2 N–H and O–H groups in total. The molecule has 0 aliphatic heterocycles. The Balaban J connectivity index is 2.54. The Kier molecular flexibility index (Phi) is 2.70. The third kappa shape index (κ3) is 2.09. The lowest BCUT2D eigenvalue weighted by molar-refractivity contribution is 0.618. The summed E-state index contributed by atoms with van der Waals surface area (Å²) >= 11 is 5.65. The van der Waals surface area contributed by atoms with E-state index in [-0.39, 0.29) is 17.0 Å². The summed E-state index contributed by atoms with van der Waals surface area (Å²) in [6.45, 7) is 1.66. The molecule has 6 heteroatoms. The van der Waals surface area contributed by atoms with E-state index in [1.165, 1.54) is 6.07 Å². The quantitative estimate of drug-likeness (QED) is 0.827. The van der Waals surface area contributed by atoms with Gasteiger partial charge >= 0.3 is 0 Å². The number of nitrogens with zero attached hydrogens (tertiary/aromatic N) is 3. The standard InChI is InChI=1S/C10H8ClFN4/c1-5-4-6(2-3-7(5)12)8-14-9(11)16-10(13)15-8/h2-4H,1H3,(H2,13,14,15,16). The third-order valence-electron chi connectivity index (χ3n) is 2.04. The number of benzene rings is 1. The van der Waals surface area contributed by atoms with Gasteiger partial charge in [0.05, 0.1) is 0 Å². The van der Waals surface area contributed by atoms with Gasteiger partial charge < -0.3 is 5.73 Å². The van der Waals surface area contributed by atoms with Crippen molar-refractivity contribution < 1.29 is 4.39 Å². The molecule has 1 aromatic carbocycles. The monoisotopic (exact) mass is 238 g/mol. The molecule has 1 aromatic heterocycles. The lowest BCUT2D eigenvalue weighted by atomic mass is 10.1. The van der Waals surface area contributed by atoms with Crippen molar-refractivity contribution in [3.05, 3.63) is 34.9 Å². The number of nitrogen functional groups attached to an aromatic ring is 1. The van der Waals surface area contributed by atoms with Gasteiger partial charge in [0.1, 0.15) is 5.82 Å². The predicted molar refractivity (Wildman–Crippen MR) is 59.4 cm³/mol. The van der Waals surface area contributed by atoms with E-state index in [4.69, 9.17) is 17.3 Å². The molecule has 0 atom stereocenters. The molecule has 0 spiro atoms. The maximum absolute atomic E-state index is 13.1. The smallest absolute Gasteiger partial charge is 0.227 e. The van der Waals surface area contributed by atoms with Crippen molar-refractivity contribution in [3.63, 3.8) is 0 Å². The van der Waals surface area contributed by atoms with Crippen LogP contribution < -0.4 is 5.73 Å². The molecule has 0 unspecified atom stereocenters. The van der Waals surface area contributed by atoms with Crippen LogP contribution in [0.25, 0.3) is 11.4 Å². The zero-order chi connectivity index (χ0) is 11.7. The minimum atomic E-state index is -0.281. The van der Waals surface area contributed by atoms with Crippen molar-refractivity contribution in [2.75, 3.05) is 5.73 Å². The molecule has 2 aromatic rings. The maximum atomic E-state index is 13.1. The Morgan fingerprint density at radius 1 is 1.25 bits per heavy atom. The second-order valence-corrected chi connectivity index (χ2v) is 3.59. The molecule has 16 heavy (non-hydrogen) atoms. The van der Waals surface area contributed by atoms with Crippen LogP contribution in [0.5, 0.6) is 0 Å². The lowest BCUT2D eigenvalue weighted by Crippen LogP contribution is -2.00. The van der Waals surface area contributed by atoms with Crippen molar-refractivity contribution in [2.45, 2.75) is 6.92 Å². The van der Waals surface area contributed by atoms with Crippen molar-refractivity contribution >= 4 is 17.5 Å². The summed E-state index contributed by atoms with van der Waals surface area (Å²) in [5.41, 5.74) is 6.60. The van der Waals surface area contributed by atoms with Crippen LogP contribution in [0.15, 0.2) is 18.2 Å². The molecule has 0 saturated carbocycles. The largest absolute Gasteiger partial charge is 0.368 e. The van der Waals surface area contributed by atoms with E-state index in [2.05, 4.69) is 15.0 Å². The van der Waals surface area contributed by atoms with Gasteiger partial charge in [-0.1, -0.05) is 0 Å². The van der Waals surface area contributed by atoms with Crippen LogP contribution in [-0.2, 0) is 0 Å². The zero-order valence-electron chi connectivity index (χ0n) is 8.41. The molecule has 0 saturated heterocycles. The van der Waals surface area contributed by atoms with Gasteiger partial charge in [-0.25, -0.2) is 4.39 Å². The number of hydrogen-bond acceptors (Lipinski definition) is 4. The van der Waals surface area contributed by atoms with Gasteiger partial charge in [0.15, 0.2) is 5.82 Å². The summed E-state index contributed by atoms with van der Waals surface area (Å²) in [5.74, 6) is 0.0921. The highest BCUT2D eigenvalue weighted by atomic mass is 35.5. The molecule has 0 fully saturated rings. The second-order valence-electron chi connectivity index (χ2n) is 3.25. The molecule has 0 bridgehead atoms. The van der Waals surface area contributed by atoms with Gasteiger partial charge in [-0.15, -0.1) is 0 Å². The van der Waals surface area contributed by atoms with Crippen LogP contribution >= 0.6 is 11.6 Å². The molecule has 1 heterocycles. The van der Waals surface area contributed by atoms with Gasteiger partial charge in [0, 0.05) is 5.56 Å². The van der Waals surface area contributed by atoms with Gasteiger partial charge in [0.25, 0.3) is 0 Å². The van der Waals surface area contributed by atoms with E-state index in [0.717, 1.165) is 0 Å². The first-order valence-electron chi connectivity index (χ1n) is 4.50. The van der Waals surface area contributed by atoms with E-state index in [1.54, 1.807) is 19.1 Å². The Hall–Kier alpha value is -1.75. The number of hydrogen-bond donors (Lipinski definition) is 1. The summed E-state index contributed by atoms with van der Waals surface area (Å²) in [4.78, 5) is 11.5. The van der Waals surface area contributed by atoms with Crippen molar-refractivity contribution in [1.82, 2.24) is 15.0 Å². The fourth-order valence-electron chi connectivity index (χ4n) is 1.28. The third-order valence-corrected chi connectivity index (χ3v) is 2.21. The maximum Gasteiger partial charge on any atom is 0.227 e. The van der Waals surface area contributed by atoms with Gasteiger partial charge in [-0.3, -0.25) is 0 Å². The first-order chi connectivity index (χ1) is 7.56. The summed E-state index contributed by atoms with van der Waals surface area (Å²) in [6.07, 6.45) is 0. The molecule has 82 valence electrons. The number of rotatable bonds is 1. The van der Waals surface area contributed by atoms with Crippen molar-refractivity contribution in [3.8, 4) is 11.4 Å². The summed E-state index contributed by atoms with van der Waals surface area (Å²) in [6, 6.07) is 4.53. The van der Waals surface area contributed by atoms with Crippen LogP contribution in [0, 0.1) is 12.7 Å². The van der Waals surface area contributed by atoms with Gasteiger partial charge in [0.2, 0.25) is 11.2 Å². The molecule has 0 amide bonds. The van der Waals surface area contributed by atoms with Gasteiger partial charge in [-0.05, 0) is 42.3 Å². The van der Waals surface area contributed by atoms with Crippen LogP contribution in [0.4, 0.5) is 10.3 Å². The highest BCUT2D eigenvalue weighted by Gasteiger charge is 2.07. The normalized spacial score (nSPS) is 10.4. The highest BCUT2D eigenvalue weighted by Crippen LogP contribution is 2.19. The zero-order valence-corrected chi connectivity index (χ0v) is 9.16. The minimum absolute atomic E-state index is 0.0180. The van der Waals surface area contributed by atoms with Crippen molar-refractivity contribution in [2.24, 2.45) is 0 Å². The van der Waals surface area contributed by atoms with E-state index < -0.39 is 0 Å². The summed E-state index contributed by atoms with van der Waals surface area (Å²) in [7, 11) is 0. The Bertz CT molecular complexity index is 524. The van der Waals surface area contributed by atoms with Crippen LogP contribution in [0.2, 0.25) is 5.28 Å². The van der Waals surface area contributed by atoms with Crippen LogP contribution in [0.1, 0.15) is 5.56 Å². The van der Waals surface area contributed by atoms with E-state index >= 15 is 0 Å². The van der Waals surface area contributed by atoms with E-state index in [9.17, 15) is 4.39 Å². The Morgan fingerprint density at radius 3 is 2.62 bits per heavy atom. The topological polar surface area (TPSA) is 64.7 Å². The summed E-state index contributed by atoms with van der Waals surface area (Å²) < 4.78 is 13.1. The molecular formula is C10H8ClFN4. The molecule has 0 radical (unpaired) electrons. The second kappa shape index (κ2) is 4.02.